The number of nitrogens with one attached hydrogen (secondary N) is 1. The molecule has 0 aromatic heterocycles. The highest BCUT2D eigenvalue weighted by atomic mass is 19.1. The topological polar surface area (TPSA) is 102 Å². The zero-order valence-corrected chi connectivity index (χ0v) is 20.5. The van der Waals surface area contributed by atoms with E-state index in [-0.39, 0.29) is 29.1 Å². The summed E-state index contributed by atoms with van der Waals surface area (Å²) >= 11 is 0. The van der Waals surface area contributed by atoms with E-state index in [4.69, 9.17) is 4.74 Å². The number of piperidine rings is 1. The molecular weight excluding hydrogens is 477 g/mol. The Morgan fingerprint density at radius 3 is 2.35 bits per heavy atom. The van der Waals surface area contributed by atoms with Crippen LogP contribution in [0.3, 0.4) is 0 Å². The number of hydrogen-bond acceptors (Lipinski definition) is 5. The van der Waals surface area contributed by atoms with Gasteiger partial charge in [-0.05, 0) is 66.6 Å². The molecule has 1 fully saturated rings. The highest BCUT2D eigenvalue weighted by Gasteiger charge is 2.26. The van der Waals surface area contributed by atoms with Crippen molar-refractivity contribution in [2.75, 3.05) is 25.5 Å². The smallest absolute Gasteiger partial charge is 0.310 e. The van der Waals surface area contributed by atoms with Crippen LogP contribution in [0.5, 0.6) is 5.75 Å². The fourth-order valence-electron chi connectivity index (χ4n) is 4.53. The molecule has 0 radical (unpaired) electrons. The molecule has 0 saturated carbocycles. The summed E-state index contributed by atoms with van der Waals surface area (Å²) in [5.74, 6) is -0.222. The van der Waals surface area contributed by atoms with Crippen LogP contribution < -0.4 is 10.1 Å². The van der Waals surface area contributed by atoms with Crippen LogP contribution in [0.4, 0.5) is 15.8 Å². The van der Waals surface area contributed by atoms with Crippen molar-refractivity contribution in [3.63, 3.8) is 0 Å². The molecular formula is C28H28FN3O5. The predicted molar refractivity (Wildman–Crippen MR) is 137 cm³/mol. The number of methoxy groups -OCH3 is 1. The minimum absolute atomic E-state index is 0.0633. The number of anilines is 1. The molecule has 3 aromatic rings. The number of nitro groups is 1. The molecule has 9 heteroatoms. The standard InChI is InChI=1S/C28H28FN3O5/c1-37-26-18-22(7-12-25(26)32(35)36)28(34)31-16-14-21(15-17-31)20-5-10-24(11-6-20)30-27(33)13-4-19-2-8-23(29)9-3-19/h2-3,5-12,18,21H,4,13-17H2,1H3,(H,30,33). The SMILES string of the molecule is COc1cc(C(=O)N2CCC(c3ccc(NC(=O)CCc4ccc(F)cc4)cc3)CC2)ccc1[N+](=O)[O-]. The molecule has 0 spiro atoms. The van der Waals surface area contributed by atoms with Crippen LogP contribution in [0.1, 0.15) is 46.7 Å². The molecule has 0 atom stereocenters. The molecule has 2 amide bonds. The van der Waals surface area contributed by atoms with Crippen molar-refractivity contribution in [2.45, 2.75) is 31.6 Å². The quantitative estimate of drug-likeness (QED) is 0.329. The zero-order valence-electron chi connectivity index (χ0n) is 20.5. The lowest BCUT2D eigenvalue weighted by Gasteiger charge is -2.32. The second kappa shape index (κ2) is 11.6. The third-order valence-electron chi connectivity index (χ3n) is 6.63. The Morgan fingerprint density at radius 1 is 1.05 bits per heavy atom. The van der Waals surface area contributed by atoms with Gasteiger partial charge in [0.2, 0.25) is 5.91 Å². The maximum atomic E-state index is 13.0. The molecule has 1 aliphatic rings. The number of carbonyl (C=O) groups is 2. The second-order valence-corrected chi connectivity index (χ2v) is 9.01. The van der Waals surface area contributed by atoms with E-state index in [1.54, 1.807) is 17.0 Å². The van der Waals surface area contributed by atoms with E-state index in [0.717, 1.165) is 24.0 Å². The van der Waals surface area contributed by atoms with Crippen molar-refractivity contribution >= 4 is 23.2 Å². The summed E-state index contributed by atoms with van der Waals surface area (Å²) in [6.45, 7) is 1.15. The maximum Gasteiger partial charge on any atom is 0.310 e. The van der Waals surface area contributed by atoms with Crippen molar-refractivity contribution in [1.29, 1.82) is 0 Å². The number of likely N-dealkylation sites (tertiary alicyclic amines) is 1. The van der Waals surface area contributed by atoms with Gasteiger partial charge in [0.1, 0.15) is 5.82 Å². The summed E-state index contributed by atoms with van der Waals surface area (Å²) in [6.07, 6.45) is 2.42. The van der Waals surface area contributed by atoms with Crippen LogP contribution in [-0.4, -0.2) is 41.8 Å². The Balaban J connectivity index is 1.28. The fourth-order valence-corrected chi connectivity index (χ4v) is 4.53. The average Bonchev–Trinajstić information content (AvgIpc) is 2.92. The number of rotatable bonds is 8. The van der Waals surface area contributed by atoms with Crippen molar-refractivity contribution in [2.24, 2.45) is 0 Å². The Kier molecular flexibility index (Phi) is 8.12. The van der Waals surface area contributed by atoms with Gasteiger partial charge in [0.05, 0.1) is 12.0 Å². The van der Waals surface area contributed by atoms with E-state index in [9.17, 15) is 24.1 Å². The van der Waals surface area contributed by atoms with E-state index < -0.39 is 4.92 Å². The molecule has 192 valence electrons. The molecule has 0 bridgehead atoms. The fraction of sp³-hybridized carbons (Fsp3) is 0.286. The summed E-state index contributed by atoms with van der Waals surface area (Å²) < 4.78 is 18.1. The van der Waals surface area contributed by atoms with Gasteiger partial charge in [0.15, 0.2) is 5.75 Å². The molecule has 37 heavy (non-hydrogen) atoms. The third-order valence-corrected chi connectivity index (χ3v) is 6.63. The van der Waals surface area contributed by atoms with Gasteiger partial charge < -0.3 is 15.0 Å². The summed E-state index contributed by atoms with van der Waals surface area (Å²) in [5, 5.41) is 14.0. The van der Waals surface area contributed by atoms with Gasteiger partial charge in [-0.3, -0.25) is 19.7 Å². The lowest BCUT2D eigenvalue weighted by molar-refractivity contribution is -0.385. The van der Waals surface area contributed by atoms with Gasteiger partial charge in [0, 0.05) is 42.9 Å². The number of carbonyl (C=O) groups excluding carboxylic acids is 2. The van der Waals surface area contributed by atoms with Crippen molar-refractivity contribution in [1.82, 2.24) is 4.90 Å². The van der Waals surface area contributed by atoms with Gasteiger partial charge in [-0.25, -0.2) is 4.39 Å². The van der Waals surface area contributed by atoms with Crippen LogP contribution in [-0.2, 0) is 11.2 Å². The second-order valence-electron chi connectivity index (χ2n) is 9.01. The number of hydrogen-bond donors (Lipinski definition) is 1. The summed E-state index contributed by atoms with van der Waals surface area (Å²) in [4.78, 5) is 37.5. The number of halogens is 1. The van der Waals surface area contributed by atoms with Crippen molar-refractivity contribution in [3.8, 4) is 5.75 Å². The molecule has 1 aliphatic heterocycles. The number of aryl methyl sites for hydroxylation is 1. The van der Waals surface area contributed by atoms with Crippen LogP contribution in [0.15, 0.2) is 66.7 Å². The molecule has 0 aliphatic carbocycles. The Labute approximate surface area is 214 Å². The largest absolute Gasteiger partial charge is 0.490 e. The minimum atomic E-state index is -0.538. The van der Waals surface area contributed by atoms with Crippen LogP contribution in [0.2, 0.25) is 0 Å². The predicted octanol–water partition coefficient (Wildman–Crippen LogP) is 5.33. The van der Waals surface area contributed by atoms with Crippen molar-refractivity contribution < 1.29 is 23.6 Å². The molecule has 1 saturated heterocycles. The monoisotopic (exact) mass is 505 g/mol. The van der Waals surface area contributed by atoms with Gasteiger partial charge >= 0.3 is 5.69 Å². The number of ether oxygens (including phenoxy) is 1. The van der Waals surface area contributed by atoms with Crippen LogP contribution >= 0.6 is 0 Å². The highest BCUT2D eigenvalue weighted by Crippen LogP contribution is 2.31. The Morgan fingerprint density at radius 2 is 1.73 bits per heavy atom. The number of amides is 2. The van der Waals surface area contributed by atoms with Crippen LogP contribution in [0, 0.1) is 15.9 Å². The first kappa shape index (κ1) is 25.8. The molecule has 3 aromatic carbocycles. The van der Waals surface area contributed by atoms with E-state index in [1.165, 1.54) is 37.4 Å². The third kappa shape index (κ3) is 6.49. The van der Waals surface area contributed by atoms with Crippen molar-refractivity contribution in [3.05, 3.63) is 99.4 Å². The average molecular weight is 506 g/mol. The number of nitro benzene ring substituents is 1. The molecule has 0 unspecified atom stereocenters. The first-order valence-corrected chi connectivity index (χ1v) is 12.1. The molecule has 1 heterocycles. The summed E-state index contributed by atoms with van der Waals surface area (Å²) in [5.41, 5.74) is 2.95. The van der Waals surface area contributed by atoms with E-state index in [1.807, 2.05) is 24.3 Å². The van der Waals surface area contributed by atoms with Gasteiger partial charge in [-0.15, -0.1) is 0 Å². The first-order chi connectivity index (χ1) is 17.8. The molecule has 4 rings (SSSR count). The first-order valence-electron chi connectivity index (χ1n) is 12.1. The summed E-state index contributed by atoms with van der Waals surface area (Å²) in [7, 11) is 1.34. The Hall–Kier alpha value is -4.27. The van der Waals surface area contributed by atoms with Gasteiger partial charge in [-0.1, -0.05) is 24.3 Å². The van der Waals surface area contributed by atoms with Gasteiger partial charge in [0.25, 0.3) is 5.91 Å². The molecule has 8 nitrogen and oxygen atoms in total. The van der Waals surface area contributed by atoms with Gasteiger partial charge in [-0.2, -0.15) is 0 Å². The Bertz CT molecular complexity index is 1270. The lowest BCUT2D eigenvalue weighted by atomic mass is 9.89. The number of nitrogens with zero attached hydrogens (tertiary/aromatic N) is 2. The lowest BCUT2D eigenvalue weighted by Crippen LogP contribution is -2.37. The highest BCUT2D eigenvalue weighted by molar-refractivity contribution is 5.95. The number of benzene rings is 3. The zero-order chi connectivity index (χ0) is 26.4. The summed E-state index contributed by atoms with van der Waals surface area (Å²) in [6, 6.07) is 18.1. The molecule has 1 N–H and O–H groups in total. The maximum absolute atomic E-state index is 13.0. The van der Waals surface area contributed by atoms with Crippen LogP contribution in [0.25, 0.3) is 0 Å². The van der Waals surface area contributed by atoms with E-state index in [2.05, 4.69) is 5.32 Å². The van der Waals surface area contributed by atoms with E-state index >= 15 is 0 Å². The minimum Gasteiger partial charge on any atom is -0.490 e. The van der Waals surface area contributed by atoms with E-state index in [0.29, 0.717) is 43.1 Å². The normalized spacial score (nSPS) is 13.7.